The second kappa shape index (κ2) is 4.28. The van der Waals surface area contributed by atoms with Crippen molar-refractivity contribution in [3.05, 3.63) is 59.7 Å². The summed E-state index contributed by atoms with van der Waals surface area (Å²) >= 11 is 0. The maximum Gasteiger partial charge on any atom is 0.0178 e. The molecule has 0 heterocycles. The van der Waals surface area contributed by atoms with Crippen molar-refractivity contribution in [1.29, 1.82) is 0 Å². The van der Waals surface area contributed by atoms with Crippen molar-refractivity contribution in [2.45, 2.75) is 13.5 Å². The van der Waals surface area contributed by atoms with Crippen LogP contribution in [0.5, 0.6) is 0 Å². The molecule has 2 aromatic carbocycles. The van der Waals surface area contributed by atoms with E-state index in [-0.39, 0.29) is 0 Å². The van der Waals surface area contributed by atoms with Crippen LogP contribution in [0.1, 0.15) is 11.1 Å². The molecule has 1 heteroatoms. The highest BCUT2D eigenvalue weighted by Crippen LogP contribution is 2.22. The Morgan fingerprint density at radius 3 is 2.47 bits per heavy atom. The number of hydrogen-bond donors (Lipinski definition) is 1. The zero-order valence-corrected chi connectivity index (χ0v) is 8.83. The first kappa shape index (κ1) is 9.94. The summed E-state index contributed by atoms with van der Waals surface area (Å²) in [6.07, 6.45) is 0. The van der Waals surface area contributed by atoms with Gasteiger partial charge in [-0.1, -0.05) is 42.5 Å². The molecule has 0 spiro atoms. The fraction of sp³-hybridized carbons (Fsp3) is 0.143. The lowest BCUT2D eigenvalue weighted by molar-refractivity contribution is 1.07. The fourth-order valence-corrected chi connectivity index (χ4v) is 1.65. The van der Waals surface area contributed by atoms with Crippen LogP contribution in [0.3, 0.4) is 0 Å². The Morgan fingerprint density at radius 1 is 1.13 bits per heavy atom. The maximum atomic E-state index is 5.56. The fourth-order valence-electron chi connectivity index (χ4n) is 1.65. The molecule has 0 aliphatic carbocycles. The van der Waals surface area contributed by atoms with Crippen LogP contribution in [0.2, 0.25) is 0 Å². The summed E-state index contributed by atoms with van der Waals surface area (Å²) < 4.78 is 0. The normalized spacial score (nSPS) is 10.3. The zero-order valence-electron chi connectivity index (χ0n) is 8.83. The predicted octanol–water partition coefficient (Wildman–Crippen LogP) is 2.92. The molecule has 0 atom stereocenters. The van der Waals surface area contributed by atoms with Crippen LogP contribution >= 0.6 is 0 Å². The van der Waals surface area contributed by atoms with Gasteiger partial charge in [-0.05, 0) is 35.2 Å². The van der Waals surface area contributed by atoms with Gasteiger partial charge in [0.05, 0.1) is 0 Å². The highest BCUT2D eigenvalue weighted by molar-refractivity contribution is 5.66. The molecule has 0 amide bonds. The van der Waals surface area contributed by atoms with Crippen molar-refractivity contribution in [2.75, 3.05) is 0 Å². The van der Waals surface area contributed by atoms with Crippen molar-refractivity contribution < 1.29 is 0 Å². The monoisotopic (exact) mass is 196 g/mol. The lowest BCUT2D eigenvalue weighted by Crippen LogP contribution is -1.95. The number of aryl methyl sites for hydroxylation is 1. The molecule has 0 bridgehead atoms. The molecular weight excluding hydrogens is 182 g/mol. The van der Waals surface area contributed by atoms with E-state index in [0.29, 0.717) is 6.54 Å². The maximum absolute atomic E-state index is 5.56. The van der Waals surface area contributed by atoms with Gasteiger partial charge < -0.3 is 5.73 Å². The first-order valence-electron chi connectivity index (χ1n) is 5.08. The van der Waals surface area contributed by atoms with Crippen molar-refractivity contribution in [3.8, 4) is 11.1 Å². The Labute approximate surface area is 90.6 Å². The minimum Gasteiger partial charge on any atom is -0.326 e. The molecule has 1 nitrogen and oxygen atoms in total. The Kier molecular flexibility index (Phi) is 2.84. The van der Waals surface area contributed by atoms with Gasteiger partial charge in [-0.2, -0.15) is 0 Å². The molecule has 0 saturated carbocycles. The third kappa shape index (κ3) is 2.08. The molecule has 0 unspecified atom stereocenters. The molecule has 75 valence electrons. The van der Waals surface area contributed by atoms with E-state index in [1.54, 1.807) is 0 Å². The van der Waals surface area contributed by atoms with Crippen LogP contribution < -0.4 is 5.73 Å². The number of benzene rings is 2. The Hall–Kier alpha value is -1.60. The van der Waals surface area contributed by atoms with Gasteiger partial charge in [-0.25, -0.2) is 0 Å². The lowest BCUT2D eigenvalue weighted by atomic mass is 10.00. The molecule has 2 rings (SSSR count). The average Bonchev–Trinajstić information content (AvgIpc) is 2.30. The van der Waals surface area contributed by atoms with Crippen LogP contribution in [0.15, 0.2) is 42.5 Å². The van der Waals surface area contributed by atoms with Gasteiger partial charge in [0.1, 0.15) is 0 Å². The van der Waals surface area contributed by atoms with E-state index in [0.717, 1.165) is 5.56 Å². The summed E-state index contributed by atoms with van der Waals surface area (Å²) in [5.74, 6) is 0. The van der Waals surface area contributed by atoms with Crippen LogP contribution in [0.25, 0.3) is 11.1 Å². The van der Waals surface area contributed by atoms with Gasteiger partial charge in [-0.15, -0.1) is 0 Å². The number of nitrogens with two attached hydrogens (primary N) is 1. The quantitative estimate of drug-likeness (QED) is 0.785. The van der Waals surface area contributed by atoms with E-state index >= 15 is 0 Å². The highest BCUT2D eigenvalue weighted by Gasteiger charge is 2.00. The second-order valence-corrected chi connectivity index (χ2v) is 3.61. The third-order valence-corrected chi connectivity index (χ3v) is 2.56. The molecule has 2 N–H and O–H groups in total. The van der Waals surface area contributed by atoms with E-state index in [1.807, 2.05) is 12.1 Å². The largest absolute Gasteiger partial charge is 0.326 e. The molecule has 0 aromatic heterocycles. The number of rotatable bonds is 2. The molecule has 15 heavy (non-hydrogen) atoms. The van der Waals surface area contributed by atoms with Gasteiger partial charge in [0.25, 0.3) is 0 Å². The summed E-state index contributed by atoms with van der Waals surface area (Å²) in [4.78, 5) is 0. The van der Waals surface area contributed by atoms with Crippen molar-refractivity contribution in [2.24, 2.45) is 5.73 Å². The molecule has 0 saturated heterocycles. The number of hydrogen-bond acceptors (Lipinski definition) is 1. The van der Waals surface area contributed by atoms with Gasteiger partial charge >= 0.3 is 0 Å². The van der Waals surface area contributed by atoms with E-state index in [4.69, 9.17) is 5.73 Å². The minimum atomic E-state index is 0.597. The van der Waals surface area contributed by atoms with Crippen LogP contribution in [0.4, 0.5) is 0 Å². The van der Waals surface area contributed by atoms with Crippen LogP contribution in [-0.2, 0) is 6.54 Å². The van der Waals surface area contributed by atoms with Gasteiger partial charge in [-0.3, -0.25) is 0 Å². The smallest absolute Gasteiger partial charge is 0.0178 e. The van der Waals surface area contributed by atoms with Crippen molar-refractivity contribution in [1.82, 2.24) is 0 Å². The second-order valence-electron chi connectivity index (χ2n) is 3.61. The Bertz CT molecular complexity index is 443. The van der Waals surface area contributed by atoms with Crippen molar-refractivity contribution >= 4 is 0 Å². The Morgan fingerprint density at radius 2 is 1.87 bits per heavy atom. The summed E-state index contributed by atoms with van der Waals surface area (Å²) in [5.41, 5.74) is 10.4. The molecule has 2 aromatic rings. The summed E-state index contributed by atoms with van der Waals surface area (Å²) in [6.45, 7) is 2.67. The molecule has 1 radical (unpaired) electrons. The summed E-state index contributed by atoms with van der Waals surface area (Å²) in [5, 5.41) is 0. The van der Waals surface area contributed by atoms with Gasteiger partial charge in [0.2, 0.25) is 0 Å². The lowest BCUT2D eigenvalue weighted by Gasteiger charge is -2.05. The van der Waals surface area contributed by atoms with Gasteiger partial charge in [0, 0.05) is 6.54 Å². The summed E-state index contributed by atoms with van der Waals surface area (Å²) in [6, 6.07) is 17.6. The Balaban J connectivity index is 2.42. The minimum absolute atomic E-state index is 0.597. The van der Waals surface area contributed by atoms with Crippen LogP contribution in [-0.4, -0.2) is 0 Å². The highest BCUT2D eigenvalue weighted by atomic mass is 14.5. The standard InChI is InChI=1S/C14H14N/c1-11-4-2-3-5-14(11)13-8-6-12(10-15)7-9-13/h2-3,5-9H,10,15H2,1H3. The van der Waals surface area contributed by atoms with Crippen molar-refractivity contribution in [3.63, 3.8) is 0 Å². The molecular formula is C14H14N. The average molecular weight is 196 g/mol. The third-order valence-electron chi connectivity index (χ3n) is 2.56. The van der Waals surface area contributed by atoms with E-state index in [1.165, 1.54) is 16.7 Å². The zero-order chi connectivity index (χ0) is 10.7. The van der Waals surface area contributed by atoms with Gasteiger partial charge in [0.15, 0.2) is 0 Å². The molecule has 0 fully saturated rings. The first-order valence-corrected chi connectivity index (χ1v) is 5.08. The van der Waals surface area contributed by atoms with Crippen LogP contribution in [0, 0.1) is 13.0 Å². The van der Waals surface area contributed by atoms with E-state index < -0.39 is 0 Å². The first-order chi connectivity index (χ1) is 7.31. The predicted molar refractivity (Wildman–Crippen MR) is 63.3 cm³/mol. The SMILES string of the molecule is Cc1[c]cccc1-c1ccc(CN)cc1. The van der Waals surface area contributed by atoms with E-state index in [2.05, 4.69) is 43.3 Å². The topological polar surface area (TPSA) is 26.0 Å². The molecule has 0 aliphatic heterocycles. The summed E-state index contributed by atoms with van der Waals surface area (Å²) in [7, 11) is 0. The molecule has 0 aliphatic rings. The van der Waals surface area contributed by atoms with E-state index in [9.17, 15) is 0 Å².